The highest BCUT2D eigenvalue weighted by molar-refractivity contribution is 6.07. The number of nitrogens with zero attached hydrogens (tertiary/aromatic N) is 1. The van der Waals surface area contributed by atoms with E-state index in [0.29, 0.717) is 11.4 Å². The third kappa shape index (κ3) is 3.39. The van der Waals surface area contributed by atoms with E-state index in [1.54, 1.807) is 36.4 Å². The Morgan fingerprint density at radius 1 is 1.19 bits per heavy atom. The van der Waals surface area contributed by atoms with E-state index in [4.69, 9.17) is 9.52 Å². The molecule has 2 aromatic rings. The second-order valence-corrected chi connectivity index (χ2v) is 4.50. The Morgan fingerprint density at radius 2 is 1.90 bits per heavy atom. The number of carboxylic acids is 1. The van der Waals surface area contributed by atoms with Gasteiger partial charge in [-0.15, -0.1) is 0 Å². The molecule has 0 saturated heterocycles. The molecule has 0 unspecified atom stereocenters. The number of anilines is 1. The Bertz CT molecular complexity index is 700. The number of aryl methyl sites for hydroxylation is 1. The van der Waals surface area contributed by atoms with E-state index in [1.807, 2.05) is 6.92 Å². The van der Waals surface area contributed by atoms with Crippen molar-refractivity contribution in [3.8, 4) is 0 Å². The Kier molecular flexibility index (Phi) is 4.23. The molecule has 5 nitrogen and oxygen atoms in total. The molecule has 0 saturated carbocycles. The summed E-state index contributed by atoms with van der Waals surface area (Å²) in [4.78, 5) is 24.6. The molecule has 0 fully saturated rings. The highest BCUT2D eigenvalue weighted by Gasteiger charge is 2.16. The van der Waals surface area contributed by atoms with Gasteiger partial charge in [0.2, 0.25) is 0 Å². The molecule has 0 bridgehead atoms. The first kappa shape index (κ1) is 14.6. The number of furan rings is 1. The normalized spacial score (nSPS) is 10.8. The molecule has 0 radical (unpaired) electrons. The summed E-state index contributed by atoms with van der Waals surface area (Å²) in [5.41, 5.74) is 0.422. The van der Waals surface area contributed by atoms with E-state index in [-0.39, 0.29) is 11.5 Å². The predicted molar refractivity (Wildman–Crippen MR) is 79.3 cm³/mol. The van der Waals surface area contributed by atoms with E-state index < -0.39 is 5.97 Å². The van der Waals surface area contributed by atoms with Gasteiger partial charge >= 0.3 is 5.97 Å². The lowest BCUT2D eigenvalue weighted by Crippen LogP contribution is -2.25. The number of para-hydroxylation sites is 1. The zero-order chi connectivity index (χ0) is 15.4. The van der Waals surface area contributed by atoms with Crippen LogP contribution >= 0.6 is 0 Å². The van der Waals surface area contributed by atoms with Gasteiger partial charge in [-0.2, -0.15) is 0 Å². The van der Waals surface area contributed by atoms with Crippen molar-refractivity contribution in [2.45, 2.75) is 6.92 Å². The Hall–Kier alpha value is -2.82. The minimum atomic E-state index is -1.07. The van der Waals surface area contributed by atoms with Crippen molar-refractivity contribution in [2.75, 3.05) is 11.9 Å². The topological polar surface area (TPSA) is 70.8 Å². The highest BCUT2D eigenvalue weighted by Crippen LogP contribution is 2.19. The van der Waals surface area contributed by atoms with Crippen molar-refractivity contribution in [1.29, 1.82) is 0 Å². The molecule has 1 N–H and O–H groups in total. The van der Waals surface area contributed by atoms with Crippen LogP contribution in [-0.2, 0) is 4.79 Å². The number of hydrogen-bond donors (Lipinski definition) is 1. The molecule has 5 heteroatoms. The van der Waals surface area contributed by atoms with Crippen molar-refractivity contribution in [2.24, 2.45) is 0 Å². The molecule has 1 heterocycles. The van der Waals surface area contributed by atoms with E-state index in [0.717, 1.165) is 5.76 Å². The number of hydrogen-bond acceptors (Lipinski definition) is 3. The third-order valence-electron chi connectivity index (χ3n) is 2.98. The van der Waals surface area contributed by atoms with Crippen LogP contribution in [0.1, 0.15) is 21.9 Å². The fraction of sp³-hybridized carbons (Fsp3) is 0.125. The average Bonchev–Trinajstić information content (AvgIpc) is 2.89. The van der Waals surface area contributed by atoms with Crippen molar-refractivity contribution in [3.63, 3.8) is 0 Å². The number of likely N-dealkylation sites (N-methyl/N-ethyl adjacent to an activating group) is 1. The summed E-state index contributed by atoms with van der Waals surface area (Å²) >= 11 is 0. The minimum absolute atomic E-state index is 0.0793. The predicted octanol–water partition coefficient (Wildman–Crippen LogP) is 2.96. The molecule has 0 aliphatic carbocycles. The van der Waals surface area contributed by atoms with Gasteiger partial charge in [0.15, 0.2) is 0 Å². The molecular weight excluding hydrogens is 270 g/mol. The first-order chi connectivity index (χ1) is 9.99. The lowest BCUT2D eigenvalue weighted by Gasteiger charge is -2.17. The zero-order valence-electron chi connectivity index (χ0n) is 11.7. The SMILES string of the molecule is Cc1ccc(/C=C/C(=O)N(C)c2ccccc2C(=O)O)o1. The van der Waals surface area contributed by atoms with E-state index in [9.17, 15) is 9.59 Å². The Balaban J connectivity index is 2.20. The molecule has 2 rings (SSSR count). The molecule has 0 aliphatic heterocycles. The molecule has 108 valence electrons. The molecule has 1 aromatic carbocycles. The maximum atomic E-state index is 12.1. The fourth-order valence-electron chi connectivity index (χ4n) is 1.87. The van der Waals surface area contributed by atoms with Gasteiger partial charge < -0.3 is 14.4 Å². The summed E-state index contributed by atoms with van der Waals surface area (Å²) in [7, 11) is 1.53. The maximum Gasteiger partial charge on any atom is 0.337 e. The van der Waals surface area contributed by atoms with E-state index in [1.165, 1.54) is 24.1 Å². The lowest BCUT2D eigenvalue weighted by atomic mass is 10.1. The summed E-state index contributed by atoms with van der Waals surface area (Å²) < 4.78 is 5.33. The van der Waals surface area contributed by atoms with Crippen molar-refractivity contribution >= 4 is 23.6 Å². The summed E-state index contributed by atoms with van der Waals surface area (Å²) in [6, 6.07) is 9.91. The number of amides is 1. The van der Waals surface area contributed by atoms with Gasteiger partial charge in [-0.05, 0) is 37.3 Å². The second kappa shape index (κ2) is 6.09. The van der Waals surface area contributed by atoms with Crippen molar-refractivity contribution < 1.29 is 19.1 Å². The molecule has 1 aromatic heterocycles. The van der Waals surface area contributed by atoms with E-state index in [2.05, 4.69) is 0 Å². The van der Waals surface area contributed by atoms with Crippen LogP contribution in [-0.4, -0.2) is 24.0 Å². The largest absolute Gasteiger partial charge is 0.478 e. The quantitative estimate of drug-likeness (QED) is 0.877. The summed E-state index contributed by atoms with van der Waals surface area (Å²) in [5.74, 6) is -0.0823. The maximum absolute atomic E-state index is 12.1. The van der Waals surface area contributed by atoms with Crippen molar-refractivity contribution in [3.05, 3.63) is 59.6 Å². The summed E-state index contributed by atoms with van der Waals surface area (Å²) in [6.45, 7) is 1.81. The number of benzene rings is 1. The van der Waals surface area contributed by atoms with Gasteiger partial charge in [0.1, 0.15) is 11.5 Å². The van der Waals surface area contributed by atoms with Crippen molar-refractivity contribution in [1.82, 2.24) is 0 Å². The van der Waals surface area contributed by atoms with Crippen LogP contribution in [0.5, 0.6) is 0 Å². The van der Waals surface area contributed by atoms with Gasteiger partial charge in [-0.3, -0.25) is 4.79 Å². The number of rotatable bonds is 4. The standard InChI is InChI=1S/C16H15NO4/c1-11-7-8-12(21-11)9-10-15(18)17(2)14-6-4-3-5-13(14)16(19)20/h3-10H,1-2H3,(H,19,20)/b10-9+. The lowest BCUT2D eigenvalue weighted by molar-refractivity contribution is -0.113. The van der Waals surface area contributed by atoms with Crippen LogP contribution in [0.2, 0.25) is 0 Å². The van der Waals surface area contributed by atoms with Crippen LogP contribution in [0.15, 0.2) is 46.9 Å². The van der Waals surface area contributed by atoms with Crippen LogP contribution in [0, 0.1) is 6.92 Å². The summed E-state index contributed by atoms with van der Waals surface area (Å²) in [5, 5.41) is 9.14. The third-order valence-corrected chi connectivity index (χ3v) is 2.98. The van der Waals surface area contributed by atoms with Gasteiger partial charge in [-0.25, -0.2) is 4.79 Å². The molecule has 0 aliphatic rings. The average molecular weight is 285 g/mol. The molecule has 0 atom stereocenters. The first-order valence-corrected chi connectivity index (χ1v) is 6.33. The van der Waals surface area contributed by atoms with Crippen LogP contribution in [0.3, 0.4) is 0 Å². The molecular formula is C16H15NO4. The van der Waals surface area contributed by atoms with Crippen LogP contribution < -0.4 is 4.90 Å². The molecule has 0 spiro atoms. The van der Waals surface area contributed by atoms with Crippen LogP contribution in [0.25, 0.3) is 6.08 Å². The smallest absolute Gasteiger partial charge is 0.337 e. The number of carbonyl (C=O) groups is 2. The van der Waals surface area contributed by atoms with Gasteiger partial charge in [-0.1, -0.05) is 12.1 Å². The second-order valence-electron chi connectivity index (χ2n) is 4.50. The van der Waals surface area contributed by atoms with E-state index >= 15 is 0 Å². The first-order valence-electron chi connectivity index (χ1n) is 6.33. The Labute approximate surface area is 122 Å². The highest BCUT2D eigenvalue weighted by atomic mass is 16.4. The number of carbonyl (C=O) groups excluding carboxylic acids is 1. The van der Waals surface area contributed by atoms with Gasteiger partial charge in [0.05, 0.1) is 11.3 Å². The minimum Gasteiger partial charge on any atom is -0.478 e. The fourth-order valence-corrected chi connectivity index (χ4v) is 1.87. The monoisotopic (exact) mass is 285 g/mol. The van der Waals surface area contributed by atoms with Crippen LogP contribution in [0.4, 0.5) is 5.69 Å². The molecule has 1 amide bonds. The number of aromatic carboxylic acids is 1. The summed E-state index contributed by atoms with van der Waals surface area (Å²) in [6.07, 6.45) is 2.89. The van der Waals surface area contributed by atoms with Gasteiger partial charge in [0.25, 0.3) is 5.91 Å². The Morgan fingerprint density at radius 3 is 2.52 bits per heavy atom. The molecule has 21 heavy (non-hydrogen) atoms. The van der Waals surface area contributed by atoms with Gasteiger partial charge in [0, 0.05) is 13.1 Å². The number of carboxylic acid groups (broad SMARTS) is 1. The zero-order valence-corrected chi connectivity index (χ0v) is 11.7.